The summed E-state index contributed by atoms with van der Waals surface area (Å²) < 4.78 is 18.1. The summed E-state index contributed by atoms with van der Waals surface area (Å²) in [7, 11) is 0. The van der Waals surface area contributed by atoms with E-state index in [1.165, 1.54) is 12.1 Å². The molecule has 5 heteroatoms. The topological polar surface area (TPSA) is 46.5 Å². The normalized spacial score (nSPS) is 16.1. The number of aliphatic carboxylic acids is 1. The average Bonchev–Trinajstić information content (AvgIpc) is 3.10. The molecule has 0 aliphatic heterocycles. The molecule has 1 fully saturated rings. The Hall–Kier alpha value is -1.23. The summed E-state index contributed by atoms with van der Waals surface area (Å²) >= 11 is 1.72. The fourth-order valence-corrected chi connectivity index (χ4v) is 3.08. The quantitative estimate of drug-likeness (QED) is 0.745. The highest BCUT2D eigenvalue weighted by molar-refractivity contribution is 7.99. The predicted octanol–water partition coefficient (Wildman–Crippen LogP) is 3.19. The van der Waals surface area contributed by atoms with Gasteiger partial charge >= 0.3 is 5.97 Å². The zero-order valence-electron chi connectivity index (χ0n) is 10.6. The van der Waals surface area contributed by atoms with Crippen LogP contribution in [0.1, 0.15) is 19.3 Å². The minimum Gasteiger partial charge on any atom is -0.493 e. The number of carboxylic acids is 1. The minimum atomic E-state index is -0.708. The van der Waals surface area contributed by atoms with Crippen molar-refractivity contribution in [3.63, 3.8) is 0 Å². The van der Waals surface area contributed by atoms with Crippen molar-refractivity contribution in [3.05, 3.63) is 30.1 Å². The third kappa shape index (κ3) is 4.74. The number of halogens is 1. The molecule has 1 aromatic rings. The van der Waals surface area contributed by atoms with Crippen molar-refractivity contribution in [2.24, 2.45) is 5.41 Å². The smallest absolute Gasteiger partial charge is 0.303 e. The maximum absolute atomic E-state index is 12.7. The van der Waals surface area contributed by atoms with E-state index in [1.54, 1.807) is 23.9 Å². The van der Waals surface area contributed by atoms with Crippen LogP contribution in [0, 0.1) is 11.2 Å². The monoisotopic (exact) mass is 284 g/mol. The standard InChI is InChI=1S/C14H17FO3S/c15-11-1-3-12(4-2-11)18-7-8-19-10-14(5-6-14)9-13(16)17/h1-4H,5-10H2,(H,16,17). The molecule has 1 aliphatic rings. The Morgan fingerprint density at radius 3 is 2.63 bits per heavy atom. The molecule has 0 amide bonds. The largest absolute Gasteiger partial charge is 0.493 e. The molecule has 0 aromatic heterocycles. The van der Waals surface area contributed by atoms with Gasteiger partial charge in [-0.05, 0) is 48.3 Å². The number of hydrogen-bond acceptors (Lipinski definition) is 3. The van der Waals surface area contributed by atoms with Crippen molar-refractivity contribution in [2.45, 2.75) is 19.3 Å². The molecule has 0 heterocycles. The zero-order chi connectivity index (χ0) is 13.7. The molecule has 2 rings (SSSR count). The van der Waals surface area contributed by atoms with E-state index < -0.39 is 5.97 Å². The fraction of sp³-hybridized carbons (Fsp3) is 0.500. The van der Waals surface area contributed by atoms with Crippen LogP contribution in [0.15, 0.2) is 24.3 Å². The third-order valence-electron chi connectivity index (χ3n) is 3.20. The van der Waals surface area contributed by atoms with Gasteiger partial charge < -0.3 is 9.84 Å². The molecule has 3 nitrogen and oxygen atoms in total. The van der Waals surface area contributed by atoms with Crippen LogP contribution in [-0.2, 0) is 4.79 Å². The highest BCUT2D eigenvalue weighted by atomic mass is 32.2. The zero-order valence-corrected chi connectivity index (χ0v) is 11.4. The number of carboxylic acid groups (broad SMARTS) is 1. The van der Waals surface area contributed by atoms with Gasteiger partial charge in [0.25, 0.3) is 0 Å². The van der Waals surface area contributed by atoms with Gasteiger partial charge in [0.05, 0.1) is 13.0 Å². The highest BCUT2D eigenvalue weighted by Gasteiger charge is 2.43. The summed E-state index contributed by atoms with van der Waals surface area (Å²) in [5, 5.41) is 8.80. The number of benzene rings is 1. The summed E-state index contributed by atoms with van der Waals surface area (Å²) in [6.07, 6.45) is 2.31. The van der Waals surface area contributed by atoms with Gasteiger partial charge in [0.15, 0.2) is 0 Å². The molecule has 1 aliphatic carbocycles. The Kier molecular flexibility index (Phi) is 4.69. The molecule has 0 unspecified atom stereocenters. The number of rotatable bonds is 8. The molecule has 0 saturated heterocycles. The van der Waals surface area contributed by atoms with Crippen molar-refractivity contribution in [2.75, 3.05) is 18.1 Å². The lowest BCUT2D eigenvalue weighted by Crippen LogP contribution is -2.12. The van der Waals surface area contributed by atoms with Gasteiger partial charge in [0, 0.05) is 5.75 Å². The van der Waals surface area contributed by atoms with Gasteiger partial charge in [-0.3, -0.25) is 4.79 Å². The van der Waals surface area contributed by atoms with E-state index in [4.69, 9.17) is 9.84 Å². The summed E-state index contributed by atoms with van der Waals surface area (Å²) in [5.74, 6) is 1.38. The van der Waals surface area contributed by atoms with Gasteiger partial charge in [0.1, 0.15) is 11.6 Å². The van der Waals surface area contributed by atoms with E-state index in [1.807, 2.05) is 0 Å². The van der Waals surface area contributed by atoms with Crippen LogP contribution in [0.5, 0.6) is 5.75 Å². The van der Waals surface area contributed by atoms with Crippen LogP contribution in [0.2, 0.25) is 0 Å². The molecular weight excluding hydrogens is 267 g/mol. The first-order valence-electron chi connectivity index (χ1n) is 6.28. The lowest BCUT2D eigenvalue weighted by atomic mass is 10.1. The summed E-state index contributed by atoms with van der Waals surface area (Å²) in [6, 6.07) is 5.95. The molecule has 19 heavy (non-hydrogen) atoms. The minimum absolute atomic E-state index is 0.0341. The van der Waals surface area contributed by atoms with Crippen LogP contribution >= 0.6 is 11.8 Å². The molecule has 1 N–H and O–H groups in total. The molecule has 0 radical (unpaired) electrons. The van der Waals surface area contributed by atoms with Gasteiger partial charge in [0.2, 0.25) is 0 Å². The number of hydrogen-bond donors (Lipinski definition) is 1. The van der Waals surface area contributed by atoms with E-state index in [0.29, 0.717) is 12.4 Å². The maximum Gasteiger partial charge on any atom is 0.303 e. The Morgan fingerprint density at radius 1 is 1.37 bits per heavy atom. The van der Waals surface area contributed by atoms with Crippen molar-refractivity contribution >= 4 is 17.7 Å². The molecule has 104 valence electrons. The van der Waals surface area contributed by atoms with Crippen molar-refractivity contribution < 1.29 is 19.0 Å². The maximum atomic E-state index is 12.7. The van der Waals surface area contributed by atoms with Gasteiger partial charge in [-0.15, -0.1) is 0 Å². The van der Waals surface area contributed by atoms with Crippen molar-refractivity contribution in [3.8, 4) is 5.75 Å². The molecule has 1 saturated carbocycles. The fourth-order valence-electron chi connectivity index (χ4n) is 1.91. The van der Waals surface area contributed by atoms with E-state index in [0.717, 1.165) is 24.3 Å². The first kappa shape index (κ1) is 14.2. The SMILES string of the molecule is O=C(O)CC1(CSCCOc2ccc(F)cc2)CC1. The van der Waals surface area contributed by atoms with Crippen LogP contribution in [-0.4, -0.2) is 29.2 Å². The summed E-state index contributed by atoms with van der Waals surface area (Å²) in [6.45, 7) is 0.555. The Balaban J connectivity index is 1.60. The van der Waals surface area contributed by atoms with Gasteiger partial charge in [-0.1, -0.05) is 0 Å². The predicted molar refractivity (Wildman–Crippen MR) is 73.1 cm³/mol. The van der Waals surface area contributed by atoms with E-state index in [-0.39, 0.29) is 17.7 Å². The van der Waals surface area contributed by atoms with Crippen molar-refractivity contribution in [1.29, 1.82) is 0 Å². The molecule has 0 atom stereocenters. The van der Waals surface area contributed by atoms with Crippen molar-refractivity contribution in [1.82, 2.24) is 0 Å². The Morgan fingerprint density at radius 2 is 2.05 bits per heavy atom. The highest BCUT2D eigenvalue weighted by Crippen LogP contribution is 2.50. The molecule has 1 aromatic carbocycles. The van der Waals surface area contributed by atoms with E-state index in [2.05, 4.69) is 0 Å². The number of thioether (sulfide) groups is 1. The second kappa shape index (κ2) is 6.28. The summed E-state index contributed by atoms with van der Waals surface area (Å²) in [5.41, 5.74) is 0.0341. The molecular formula is C14H17FO3S. The molecule has 0 spiro atoms. The second-order valence-electron chi connectivity index (χ2n) is 4.93. The third-order valence-corrected chi connectivity index (χ3v) is 4.47. The van der Waals surface area contributed by atoms with E-state index in [9.17, 15) is 9.18 Å². The lowest BCUT2D eigenvalue weighted by molar-refractivity contribution is -0.138. The van der Waals surface area contributed by atoms with Gasteiger partial charge in [-0.25, -0.2) is 4.39 Å². The van der Waals surface area contributed by atoms with Crippen LogP contribution in [0.4, 0.5) is 4.39 Å². The van der Waals surface area contributed by atoms with Crippen LogP contribution < -0.4 is 4.74 Å². The Bertz CT molecular complexity index is 429. The first-order chi connectivity index (χ1) is 9.10. The average molecular weight is 284 g/mol. The van der Waals surface area contributed by atoms with Gasteiger partial charge in [-0.2, -0.15) is 11.8 Å². The second-order valence-corrected chi connectivity index (χ2v) is 6.03. The number of ether oxygens (including phenoxy) is 1. The number of carbonyl (C=O) groups is 1. The molecule has 0 bridgehead atoms. The van der Waals surface area contributed by atoms with Crippen LogP contribution in [0.3, 0.4) is 0 Å². The summed E-state index contributed by atoms with van der Waals surface area (Å²) in [4.78, 5) is 10.7. The van der Waals surface area contributed by atoms with Crippen LogP contribution in [0.25, 0.3) is 0 Å². The van der Waals surface area contributed by atoms with E-state index >= 15 is 0 Å². The first-order valence-corrected chi connectivity index (χ1v) is 7.43. The Labute approximate surface area is 116 Å². The lowest BCUT2D eigenvalue weighted by Gasteiger charge is -2.12.